The molecule has 0 fully saturated rings. The van der Waals surface area contributed by atoms with Crippen molar-refractivity contribution in [2.75, 3.05) is 39.6 Å². The first-order valence-electron chi connectivity index (χ1n) is 46.8. The highest BCUT2D eigenvalue weighted by Crippen LogP contribution is 2.45. The topological polar surface area (TPSA) is 231 Å². The maximum absolute atomic E-state index is 13.1. The van der Waals surface area contributed by atoms with E-state index in [2.05, 4.69) is 179 Å². The van der Waals surface area contributed by atoms with Gasteiger partial charge < -0.3 is 34.2 Å². The second-order valence-corrected chi connectivity index (χ2v) is 34.0. The van der Waals surface area contributed by atoms with Crippen molar-refractivity contribution in [3.63, 3.8) is 0 Å². The molecule has 672 valence electrons. The normalized spacial score (nSPS) is 14.5. The molecule has 0 rings (SSSR count). The van der Waals surface area contributed by atoms with Crippen LogP contribution < -0.4 is 0 Å². The standard InChI is InChI=1S/C99H170O16P2/c1-4-7-10-13-16-19-22-25-28-31-34-36-38-40-42-44-45-46-47-49-51-52-54-56-59-61-64-67-70-73-76-79-82-85-97(102)109-88-94(100)89-111-116(105,106)112-90-95(101)91-113-117(107,108)114-93-96(115-99(104)87-84-81-78-75-72-69-66-63-58-33-30-27-24-21-18-15-12-9-6-3)92-110-98(103)86-83-80-77-74-71-68-65-62-60-57-55-53-50-48-43-41-39-37-35-32-29-26-23-20-17-14-11-8-5-2/h7-8,10-11,16-21,25-30,34-37,40-43,58,63,94-96,100-101H,4-6,9,12-15,22-24,31-33,38-39,44-57,59-62,64-93H2,1-3H3,(H,105,106)(H,107,108)/b10-7-,11-8-,19-16-,20-17-,21-18-,28-25-,29-26-,30-27-,36-34-,37-35-,42-40-,43-41-,63-58-. The molecular formula is C99H170O16P2. The van der Waals surface area contributed by atoms with Gasteiger partial charge in [-0.15, -0.1) is 0 Å². The molecule has 0 aromatic carbocycles. The molecule has 0 aliphatic rings. The van der Waals surface area contributed by atoms with Crippen molar-refractivity contribution >= 4 is 33.6 Å². The lowest BCUT2D eigenvalue weighted by Gasteiger charge is -2.21. The van der Waals surface area contributed by atoms with E-state index < -0.39 is 91.5 Å². The quantitative estimate of drug-likeness (QED) is 0.0146. The first kappa shape index (κ1) is 112. The molecule has 0 radical (unpaired) electrons. The number of allylic oxidation sites excluding steroid dienone is 26. The molecule has 5 unspecified atom stereocenters. The van der Waals surface area contributed by atoms with Crippen molar-refractivity contribution in [1.29, 1.82) is 0 Å². The van der Waals surface area contributed by atoms with E-state index in [9.17, 15) is 43.5 Å². The van der Waals surface area contributed by atoms with Crippen molar-refractivity contribution in [2.24, 2.45) is 0 Å². The molecule has 0 aliphatic heterocycles. The predicted octanol–water partition coefficient (Wildman–Crippen LogP) is 28.9. The fraction of sp³-hybridized carbons (Fsp3) is 0.707. The number of carbonyl (C=O) groups is 3. The molecule has 18 heteroatoms. The number of carbonyl (C=O) groups excluding carboxylic acids is 3. The molecule has 0 saturated heterocycles. The zero-order chi connectivity index (χ0) is 85.1. The summed E-state index contributed by atoms with van der Waals surface area (Å²) in [5.74, 6) is -1.58. The van der Waals surface area contributed by atoms with Crippen LogP contribution >= 0.6 is 15.6 Å². The summed E-state index contributed by atoms with van der Waals surface area (Å²) in [6.07, 6.45) is 116. The number of aliphatic hydroxyl groups excluding tert-OH is 2. The Balaban J connectivity index is 4.53. The second-order valence-electron chi connectivity index (χ2n) is 31.0. The van der Waals surface area contributed by atoms with Gasteiger partial charge in [0.05, 0.1) is 26.4 Å². The zero-order valence-electron chi connectivity index (χ0n) is 74.1. The number of hydrogen-bond acceptors (Lipinski definition) is 14. The average molecular weight is 1680 g/mol. The minimum absolute atomic E-state index is 0.0878. The van der Waals surface area contributed by atoms with Crippen molar-refractivity contribution in [2.45, 2.75) is 411 Å². The third kappa shape index (κ3) is 91.7. The molecule has 5 atom stereocenters. The summed E-state index contributed by atoms with van der Waals surface area (Å²) in [5, 5.41) is 20.7. The lowest BCUT2D eigenvalue weighted by atomic mass is 10.0. The van der Waals surface area contributed by atoms with Crippen LogP contribution in [0.4, 0.5) is 0 Å². The Morgan fingerprint density at radius 2 is 0.453 bits per heavy atom. The smallest absolute Gasteiger partial charge is 0.463 e. The molecular weight excluding hydrogens is 1510 g/mol. The molecule has 0 aromatic heterocycles. The predicted molar refractivity (Wildman–Crippen MR) is 491 cm³/mol. The number of aliphatic hydroxyl groups is 2. The number of ether oxygens (including phenoxy) is 3. The Hall–Kier alpha value is -4.83. The summed E-state index contributed by atoms with van der Waals surface area (Å²) in [5.41, 5.74) is 0. The van der Waals surface area contributed by atoms with Gasteiger partial charge in [0.2, 0.25) is 0 Å². The number of unbranched alkanes of at least 4 members (excludes halogenated alkanes) is 39. The van der Waals surface area contributed by atoms with E-state index in [1.807, 2.05) is 0 Å². The van der Waals surface area contributed by atoms with Crippen LogP contribution in [0.25, 0.3) is 0 Å². The fourth-order valence-corrected chi connectivity index (χ4v) is 14.3. The van der Waals surface area contributed by atoms with Crippen LogP contribution in [0.5, 0.6) is 0 Å². The van der Waals surface area contributed by atoms with Crippen LogP contribution in [0, 0.1) is 0 Å². The molecule has 0 aliphatic carbocycles. The molecule has 0 aromatic rings. The number of esters is 3. The molecule has 0 amide bonds. The average Bonchev–Trinajstić information content (AvgIpc) is 0.901. The Bertz CT molecular complexity index is 2760. The van der Waals surface area contributed by atoms with Gasteiger partial charge >= 0.3 is 33.6 Å². The fourth-order valence-electron chi connectivity index (χ4n) is 12.7. The third-order valence-corrected chi connectivity index (χ3v) is 21.6. The molecule has 0 heterocycles. The van der Waals surface area contributed by atoms with E-state index in [0.717, 1.165) is 173 Å². The number of hydrogen-bond donors (Lipinski definition) is 4. The van der Waals surface area contributed by atoms with Crippen LogP contribution in [0.1, 0.15) is 393 Å². The van der Waals surface area contributed by atoms with E-state index in [0.29, 0.717) is 19.3 Å². The highest BCUT2D eigenvalue weighted by atomic mass is 31.2. The Morgan fingerprint density at radius 1 is 0.248 bits per heavy atom. The van der Waals surface area contributed by atoms with Gasteiger partial charge in [-0.2, -0.15) is 0 Å². The number of phosphoric acid groups is 2. The van der Waals surface area contributed by atoms with E-state index >= 15 is 0 Å². The van der Waals surface area contributed by atoms with E-state index in [1.54, 1.807) is 0 Å². The van der Waals surface area contributed by atoms with Gasteiger partial charge in [0.25, 0.3) is 0 Å². The highest BCUT2D eigenvalue weighted by Gasteiger charge is 2.29. The van der Waals surface area contributed by atoms with Crippen molar-refractivity contribution in [3.05, 3.63) is 158 Å². The molecule has 117 heavy (non-hydrogen) atoms. The maximum atomic E-state index is 13.1. The largest absolute Gasteiger partial charge is 0.472 e. The van der Waals surface area contributed by atoms with Gasteiger partial charge in [-0.25, -0.2) is 9.13 Å². The number of phosphoric ester groups is 2. The minimum Gasteiger partial charge on any atom is -0.463 e. The van der Waals surface area contributed by atoms with Gasteiger partial charge in [-0.05, 0) is 148 Å². The van der Waals surface area contributed by atoms with E-state index in [1.165, 1.54) is 161 Å². The summed E-state index contributed by atoms with van der Waals surface area (Å²) in [7, 11) is -9.81. The highest BCUT2D eigenvalue weighted by molar-refractivity contribution is 7.47. The summed E-state index contributed by atoms with van der Waals surface area (Å²) in [6, 6.07) is 0. The Morgan fingerprint density at radius 3 is 0.718 bits per heavy atom. The van der Waals surface area contributed by atoms with Crippen molar-refractivity contribution in [1.82, 2.24) is 0 Å². The van der Waals surface area contributed by atoms with Gasteiger partial charge in [-0.3, -0.25) is 32.5 Å². The van der Waals surface area contributed by atoms with Crippen molar-refractivity contribution < 1.29 is 75.8 Å². The minimum atomic E-state index is -4.95. The third-order valence-electron chi connectivity index (χ3n) is 19.7. The van der Waals surface area contributed by atoms with Gasteiger partial charge in [0.15, 0.2) is 6.10 Å². The molecule has 4 N–H and O–H groups in total. The van der Waals surface area contributed by atoms with Crippen molar-refractivity contribution in [3.8, 4) is 0 Å². The monoisotopic (exact) mass is 1680 g/mol. The SMILES string of the molecule is CC/C=C\C/C=C\C/C=C\C/C=C\C/C=C\CCCCCCCCCCCCCCCCCCCC(=O)OCC(O)COP(=O)(O)OCC(O)COP(=O)(O)OCC(COC(=O)CCCCCCCCCCCCCCC/C=C\C/C=C\C/C=C\C/C=C\C/C=C\CC)OC(=O)CCCCCCCC/C=C\C/C=C\C/C=C\CCCCC. The van der Waals surface area contributed by atoms with Gasteiger partial charge in [-0.1, -0.05) is 384 Å². The Kier molecular flexibility index (Phi) is 86.7. The summed E-state index contributed by atoms with van der Waals surface area (Å²) < 4.78 is 61.5. The maximum Gasteiger partial charge on any atom is 0.472 e. The molecule has 0 spiro atoms. The summed E-state index contributed by atoms with van der Waals surface area (Å²) in [6.45, 7) is 2.47. The number of rotatable bonds is 88. The van der Waals surface area contributed by atoms with E-state index in [-0.39, 0.29) is 19.3 Å². The summed E-state index contributed by atoms with van der Waals surface area (Å²) in [4.78, 5) is 59.0. The van der Waals surface area contributed by atoms with Crippen LogP contribution in [0.15, 0.2) is 158 Å². The van der Waals surface area contributed by atoms with Crippen LogP contribution in [0.2, 0.25) is 0 Å². The molecule has 0 saturated carbocycles. The zero-order valence-corrected chi connectivity index (χ0v) is 75.9. The lowest BCUT2D eigenvalue weighted by molar-refractivity contribution is -0.161. The van der Waals surface area contributed by atoms with Crippen LogP contribution in [-0.4, -0.2) is 95.9 Å². The second kappa shape index (κ2) is 90.4. The first-order valence-corrected chi connectivity index (χ1v) is 49.8. The van der Waals surface area contributed by atoms with Crippen LogP contribution in [-0.2, 0) is 55.8 Å². The summed E-state index contributed by atoms with van der Waals surface area (Å²) >= 11 is 0. The Labute approximate surface area is 714 Å². The first-order chi connectivity index (χ1) is 57.2. The van der Waals surface area contributed by atoms with Gasteiger partial charge in [0.1, 0.15) is 25.4 Å². The molecule has 16 nitrogen and oxygen atoms in total. The van der Waals surface area contributed by atoms with Gasteiger partial charge in [0, 0.05) is 19.3 Å². The van der Waals surface area contributed by atoms with Crippen LogP contribution in [0.3, 0.4) is 0 Å². The lowest BCUT2D eigenvalue weighted by Crippen LogP contribution is -2.30. The van der Waals surface area contributed by atoms with E-state index in [4.69, 9.17) is 32.3 Å². The molecule has 0 bridgehead atoms.